The van der Waals surface area contributed by atoms with Gasteiger partial charge in [0.2, 0.25) is 5.91 Å². The van der Waals surface area contributed by atoms with Crippen LogP contribution in [0.15, 0.2) is 30.9 Å². The number of carbonyl (C=O) groups is 1. The van der Waals surface area contributed by atoms with Crippen LogP contribution < -0.4 is 10.8 Å². The summed E-state index contributed by atoms with van der Waals surface area (Å²) in [6.45, 7) is 5.13. The zero-order valence-electron chi connectivity index (χ0n) is 8.40. The summed E-state index contributed by atoms with van der Waals surface area (Å²) in [5.74, 6) is -0.334. The Labute approximate surface area is 88.4 Å². The molecule has 0 heterocycles. The van der Waals surface area contributed by atoms with Crippen LogP contribution in [0.25, 0.3) is 0 Å². The van der Waals surface area contributed by atoms with Gasteiger partial charge in [0.05, 0.1) is 0 Å². The molecule has 0 bridgehead atoms. The van der Waals surface area contributed by atoms with Crippen LogP contribution >= 0.6 is 0 Å². The number of anilines is 1. The molecule has 0 radical (unpaired) electrons. The summed E-state index contributed by atoms with van der Waals surface area (Å²) in [7, 11) is -1.54. The quantitative estimate of drug-likeness (QED) is 0.472. The highest BCUT2D eigenvalue weighted by Crippen LogP contribution is 2.08. The lowest BCUT2D eigenvalue weighted by atomic mass is 9.79. The standard InChI is InChI=1S/C10H12BNO3/c1-3-10(13)12-9-5-7(2)4-8(6-9)11(14)15/h3-6,14-15H,1H2,2H3,(H,12,13). The minimum Gasteiger partial charge on any atom is -0.423 e. The zero-order chi connectivity index (χ0) is 11.4. The molecule has 3 N–H and O–H groups in total. The number of hydrogen-bond donors (Lipinski definition) is 3. The molecule has 0 spiro atoms. The fourth-order valence-electron chi connectivity index (χ4n) is 1.23. The lowest BCUT2D eigenvalue weighted by molar-refractivity contribution is -0.111. The maximum absolute atomic E-state index is 11.0. The zero-order valence-corrected chi connectivity index (χ0v) is 8.40. The second-order valence-corrected chi connectivity index (χ2v) is 3.20. The second kappa shape index (κ2) is 4.77. The SMILES string of the molecule is C=CC(=O)Nc1cc(C)cc(B(O)O)c1. The molecule has 15 heavy (non-hydrogen) atoms. The molecule has 0 aliphatic heterocycles. The van der Waals surface area contributed by atoms with Crippen molar-refractivity contribution in [3.63, 3.8) is 0 Å². The Morgan fingerprint density at radius 1 is 1.47 bits per heavy atom. The van der Waals surface area contributed by atoms with Crippen molar-refractivity contribution in [2.24, 2.45) is 0 Å². The third-order valence-corrected chi connectivity index (χ3v) is 1.85. The van der Waals surface area contributed by atoms with E-state index >= 15 is 0 Å². The van der Waals surface area contributed by atoms with Crippen LogP contribution in [0.1, 0.15) is 5.56 Å². The molecular formula is C10H12BNO3. The highest BCUT2D eigenvalue weighted by Gasteiger charge is 2.12. The first-order valence-electron chi connectivity index (χ1n) is 4.44. The summed E-state index contributed by atoms with van der Waals surface area (Å²) in [5.41, 5.74) is 1.69. The van der Waals surface area contributed by atoms with Gasteiger partial charge in [-0.15, -0.1) is 0 Å². The minimum absolute atomic E-state index is 0.334. The van der Waals surface area contributed by atoms with Crippen molar-refractivity contribution in [1.82, 2.24) is 0 Å². The van der Waals surface area contributed by atoms with Crippen molar-refractivity contribution in [2.45, 2.75) is 6.92 Å². The summed E-state index contributed by atoms with van der Waals surface area (Å²) in [4.78, 5) is 11.0. The summed E-state index contributed by atoms with van der Waals surface area (Å²) in [5, 5.41) is 20.5. The molecule has 0 saturated heterocycles. The molecule has 1 aromatic rings. The molecule has 1 aromatic carbocycles. The van der Waals surface area contributed by atoms with Gasteiger partial charge in [-0.2, -0.15) is 0 Å². The van der Waals surface area contributed by atoms with Crippen LogP contribution in [0.3, 0.4) is 0 Å². The van der Waals surface area contributed by atoms with Gasteiger partial charge in [-0.1, -0.05) is 12.6 Å². The van der Waals surface area contributed by atoms with Crippen LogP contribution in [0.2, 0.25) is 0 Å². The average molecular weight is 205 g/mol. The third-order valence-electron chi connectivity index (χ3n) is 1.85. The lowest BCUT2D eigenvalue weighted by Crippen LogP contribution is -2.30. The Balaban J connectivity index is 2.98. The topological polar surface area (TPSA) is 69.6 Å². The van der Waals surface area contributed by atoms with Gasteiger partial charge in [0.25, 0.3) is 0 Å². The van der Waals surface area contributed by atoms with E-state index < -0.39 is 7.12 Å². The Morgan fingerprint density at radius 3 is 2.67 bits per heavy atom. The largest absolute Gasteiger partial charge is 0.488 e. The Morgan fingerprint density at radius 2 is 2.13 bits per heavy atom. The lowest BCUT2D eigenvalue weighted by Gasteiger charge is -2.07. The van der Waals surface area contributed by atoms with Gasteiger partial charge < -0.3 is 15.4 Å². The molecular weight excluding hydrogens is 193 g/mol. The maximum Gasteiger partial charge on any atom is 0.488 e. The molecule has 0 aliphatic rings. The van der Waals surface area contributed by atoms with Gasteiger partial charge in [-0.05, 0) is 36.2 Å². The monoisotopic (exact) mass is 205 g/mol. The fourth-order valence-corrected chi connectivity index (χ4v) is 1.23. The first kappa shape index (κ1) is 11.5. The number of rotatable bonds is 3. The van der Waals surface area contributed by atoms with E-state index in [0.717, 1.165) is 11.6 Å². The van der Waals surface area contributed by atoms with Crippen LogP contribution in [-0.4, -0.2) is 23.1 Å². The molecule has 78 valence electrons. The van der Waals surface area contributed by atoms with Gasteiger partial charge in [-0.3, -0.25) is 4.79 Å². The van der Waals surface area contributed by atoms with Crippen LogP contribution in [0.5, 0.6) is 0 Å². The molecule has 0 fully saturated rings. The van der Waals surface area contributed by atoms with E-state index in [1.807, 2.05) is 0 Å². The number of amides is 1. The van der Waals surface area contributed by atoms with E-state index in [9.17, 15) is 4.79 Å². The number of hydrogen-bond acceptors (Lipinski definition) is 3. The molecule has 4 nitrogen and oxygen atoms in total. The van der Waals surface area contributed by atoms with E-state index in [1.165, 1.54) is 6.07 Å². The Bertz CT molecular complexity index is 390. The summed E-state index contributed by atoms with van der Waals surface area (Å²) >= 11 is 0. The van der Waals surface area contributed by atoms with E-state index in [2.05, 4.69) is 11.9 Å². The van der Waals surface area contributed by atoms with E-state index in [0.29, 0.717) is 11.2 Å². The average Bonchev–Trinajstić information content (AvgIpc) is 2.16. The van der Waals surface area contributed by atoms with Crippen molar-refractivity contribution < 1.29 is 14.8 Å². The van der Waals surface area contributed by atoms with Crippen molar-refractivity contribution in [1.29, 1.82) is 0 Å². The molecule has 0 aliphatic carbocycles. The molecule has 0 atom stereocenters. The van der Waals surface area contributed by atoms with Gasteiger partial charge in [0.1, 0.15) is 0 Å². The smallest absolute Gasteiger partial charge is 0.423 e. The van der Waals surface area contributed by atoms with Crippen molar-refractivity contribution in [3.8, 4) is 0 Å². The van der Waals surface area contributed by atoms with Gasteiger partial charge in [0.15, 0.2) is 0 Å². The first-order valence-corrected chi connectivity index (χ1v) is 4.44. The highest BCUT2D eigenvalue weighted by molar-refractivity contribution is 6.58. The number of aryl methyl sites for hydroxylation is 1. The molecule has 0 aromatic heterocycles. The minimum atomic E-state index is -1.54. The summed E-state index contributed by atoms with van der Waals surface area (Å²) < 4.78 is 0. The number of carbonyl (C=O) groups excluding carboxylic acids is 1. The Kier molecular flexibility index (Phi) is 3.65. The second-order valence-electron chi connectivity index (χ2n) is 3.20. The Hall–Kier alpha value is -1.59. The molecule has 0 saturated carbocycles. The highest BCUT2D eigenvalue weighted by atomic mass is 16.4. The predicted molar refractivity (Wildman–Crippen MR) is 59.8 cm³/mol. The normalized spacial score (nSPS) is 9.53. The van der Waals surface area contributed by atoms with Crippen molar-refractivity contribution in [3.05, 3.63) is 36.4 Å². The molecule has 0 unspecified atom stereocenters. The fraction of sp³-hybridized carbons (Fsp3) is 0.100. The van der Waals surface area contributed by atoms with Crippen molar-refractivity contribution >= 4 is 24.2 Å². The first-order chi connectivity index (χ1) is 7.02. The van der Waals surface area contributed by atoms with E-state index in [4.69, 9.17) is 10.0 Å². The van der Waals surface area contributed by atoms with Gasteiger partial charge in [0, 0.05) is 5.69 Å². The molecule has 5 heteroatoms. The van der Waals surface area contributed by atoms with E-state index in [-0.39, 0.29) is 5.91 Å². The van der Waals surface area contributed by atoms with Crippen LogP contribution in [-0.2, 0) is 4.79 Å². The van der Waals surface area contributed by atoms with Gasteiger partial charge >= 0.3 is 7.12 Å². The van der Waals surface area contributed by atoms with Gasteiger partial charge in [-0.25, -0.2) is 0 Å². The maximum atomic E-state index is 11.0. The predicted octanol–water partition coefficient (Wildman–Crippen LogP) is -0.201. The van der Waals surface area contributed by atoms with E-state index in [1.54, 1.807) is 19.1 Å². The third kappa shape index (κ3) is 3.23. The molecule has 1 rings (SSSR count). The van der Waals surface area contributed by atoms with Crippen molar-refractivity contribution in [2.75, 3.05) is 5.32 Å². The van der Waals surface area contributed by atoms with Crippen LogP contribution in [0.4, 0.5) is 5.69 Å². The summed E-state index contributed by atoms with van der Waals surface area (Å²) in [6.07, 6.45) is 1.15. The number of nitrogens with one attached hydrogen (secondary N) is 1. The summed E-state index contributed by atoms with van der Waals surface area (Å²) in [6, 6.07) is 4.86. The van der Waals surface area contributed by atoms with Crippen LogP contribution in [0, 0.1) is 6.92 Å². The molecule has 1 amide bonds. The number of benzene rings is 1.